The Bertz CT molecular complexity index is 146. The summed E-state index contributed by atoms with van der Waals surface area (Å²) in [5.74, 6) is 0. The molecule has 0 saturated heterocycles. The van der Waals surface area contributed by atoms with E-state index in [-0.39, 0.29) is 5.57 Å². The minimum atomic E-state index is -4.40. The summed E-state index contributed by atoms with van der Waals surface area (Å²) >= 11 is 0. The molecule has 60 valence electrons. The van der Waals surface area contributed by atoms with Crippen LogP contribution < -0.4 is 5.73 Å². The Kier molecular flexibility index (Phi) is 2.15. The van der Waals surface area contributed by atoms with Gasteiger partial charge in [-0.25, -0.2) is 0 Å². The average molecular weight is 153 g/mol. The van der Waals surface area contributed by atoms with Gasteiger partial charge in [0, 0.05) is 0 Å². The number of hydrogen-bond acceptors (Lipinski definition) is 1. The van der Waals surface area contributed by atoms with Gasteiger partial charge in [0.05, 0.1) is 0 Å². The van der Waals surface area contributed by atoms with Crippen LogP contribution in [0, 0.1) is 0 Å². The van der Waals surface area contributed by atoms with E-state index in [1.165, 1.54) is 6.92 Å². The SMILES string of the molecule is C=C(C)C(C)(N)C(F)(F)F. The van der Waals surface area contributed by atoms with Crippen LogP contribution >= 0.6 is 0 Å². The van der Waals surface area contributed by atoms with Gasteiger partial charge in [0.15, 0.2) is 0 Å². The fourth-order valence-electron chi connectivity index (χ4n) is 0.242. The molecule has 1 unspecified atom stereocenters. The fourth-order valence-corrected chi connectivity index (χ4v) is 0.242. The molecule has 0 aromatic heterocycles. The van der Waals surface area contributed by atoms with Crippen molar-refractivity contribution in [2.75, 3.05) is 0 Å². The molecule has 0 bridgehead atoms. The molecule has 4 heteroatoms. The average Bonchev–Trinajstić information content (AvgIpc) is 1.62. The molecule has 0 fully saturated rings. The van der Waals surface area contributed by atoms with Gasteiger partial charge >= 0.3 is 6.18 Å². The van der Waals surface area contributed by atoms with E-state index >= 15 is 0 Å². The molecule has 0 radical (unpaired) electrons. The summed E-state index contributed by atoms with van der Waals surface area (Å²) in [4.78, 5) is 0. The van der Waals surface area contributed by atoms with Crippen molar-refractivity contribution in [3.63, 3.8) is 0 Å². The van der Waals surface area contributed by atoms with Crippen molar-refractivity contribution in [2.24, 2.45) is 5.73 Å². The molecule has 0 spiro atoms. The largest absolute Gasteiger partial charge is 0.409 e. The van der Waals surface area contributed by atoms with Crippen LogP contribution in [0.15, 0.2) is 12.2 Å². The minimum Gasteiger partial charge on any atom is -0.314 e. The van der Waals surface area contributed by atoms with E-state index < -0.39 is 11.7 Å². The lowest BCUT2D eigenvalue weighted by molar-refractivity contribution is -0.169. The number of hydrogen-bond donors (Lipinski definition) is 1. The molecule has 0 aliphatic rings. The van der Waals surface area contributed by atoms with Crippen LogP contribution in [0.3, 0.4) is 0 Å². The molecule has 0 aliphatic carbocycles. The van der Waals surface area contributed by atoms with Gasteiger partial charge in [-0.2, -0.15) is 13.2 Å². The highest BCUT2D eigenvalue weighted by molar-refractivity contribution is 5.14. The van der Waals surface area contributed by atoms with Gasteiger partial charge in [-0.1, -0.05) is 12.2 Å². The first-order valence-corrected chi connectivity index (χ1v) is 2.71. The topological polar surface area (TPSA) is 26.0 Å². The van der Waals surface area contributed by atoms with Gasteiger partial charge in [-0.15, -0.1) is 0 Å². The summed E-state index contributed by atoms with van der Waals surface area (Å²) < 4.78 is 35.7. The Morgan fingerprint density at radius 3 is 1.70 bits per heavy atom. The van der Waals surface area contributed by atoms with E-state index in [0.29, 0.717) is 0 Å². The monoisotopic (exact) mass is 153 g/mol. The first kappa shape index (κ1) is 9.49. The van der Waals surface area contributed by atoms with Gasteiger partial charge < -0.3 is 5.73 Å². The Labute approximate surface area is 57.7 Å². The highest BCUT2D eigenvalue weighted by atomic mass is 19.4. The molecule has 0 amide bonds. The lowest BCUT2D eigenvalue weighted by Gasteiger charge is -2.27. The summed E-state index contributed by atoms with van der Waals surface area (Å²) in [7, 11) is 0. The molecule has 1 nitrogen and oxygen atoms in total. The Morgan fingerprint density at radius 2 is 1.70 bits per heavy atom. The zero-order valence-corrected chi connectivity index (χ0v) is 5.92. The molecular weight excluding hydrogens is 143 g/mol. The van der Waals surface area contributed by atoms with E-state index in [4.69, 9.17) is 5.73 Å². The Hall–Kier alpha value is -0.510. The zero-order chi connectivity index (χ0) is 8.58. The molecule has 0 rings (SSSR count). The predicted molar refractivity (Wildman–Crippen MR) is 33.5 cm³/mol. The second kappa shape index (κ2) is 2.27. The molecule has 2 N–H and O–H groups in total. The molecule has 0 heterocycles. The second-order valence-corrected chi connectivity index (χ2v) is 2.48. The van der Waals surface area contributed by atoms with Crippen molar-refractivity contribution in [1.82, 2.24) is 0 Å². The third-order valence-corrected chi connectivity index (χ3v) is 1.48. The van der Waals surface area contributed by atoms with Gasteiger partial charge in [-0.05, 0) is 13.8 Å². The zero-order valence-electron chi connectivity index (χ0n) is 5.92. The van der Waals surface area contributed by atoms with Crippen LogP contribution in [0.2, 0.25) is 0 Å². The van der Waals surface area contributed by atoms with E-state index in [1.807, 2.05) is 0 Å². The minimum absolute atomic E-state index is 0.0833. The summed E-state index contributed by atoms with van der Waals surface area (Å²) in [6.07, 6.45) is -4.40. The highest BCUT2D eigenvalue weighted by Crippen LogP contribution is 2.32. The number of halogens is 3. The maximum absolute atomic E-state index is 11.9. The van der Waals surface area contributed by atoms with E-state index in [0.717, 1.165) is 6.92 Å². The fraction of sp³-hybridized carbons (Fsp3) is 0.667. The molecule has 0 aromatic carbocycles. The van der Waals surface area contributed by atoms with Gasteiger partial charge in [0.25, 0.3) is 0 Å². The molecule has 0 saturated carbocycles. The van der Waals surface area contributed by atoms with Crippen molar-refractivity contribution >= 4 is 0 Å². The van der Waals surface area contributed by atoms with Crippen molar-refractivity contribution in [3.8, 4) is 0 Å². The van der Waals surface area contributed by atoms with Crippen molar-refractivity contribution in [3.05, 3.63) is 12.2 Å². The first-order valence-electron chi connectivity index (χ1n) is 2.71. The van der Waals surface area contributed by atoms with Crippen LogP contribution in [-0.2, 0) is 0 Å². The van der Waals surface area contributed by atoms with E-state index in [9.17, 15) is 13.2 Å². The number of nitrogens with two attached hydrogens (primary N) is 1. The summed E-state index contributed by atoms with van der Waals surface area (Å²) in [5, 5.41) is 0. The van der Waals surface area contributed by atoms with E-state index in [2.05, 4.69) is 6.58 Å². The summed E-state index contributed by atoms with van der Waals surface area (Å²) in [5.41, 5.74) is 2.57. The molecular formula is C6H10F3N. The molecule has 10 heavy (non-hydrogen) atoms. The normalized spacial score (nSPS) is 18.2. The number of alkyl halides is 3. The third kappa shape index (κ3) is 1.50. The number of rotatable bonds is 1. The highest BCUT2D eigenvalue weighted by Gasteiger charge is 2.48. The Morgan fingerprint density at radius 1 is 1.40 bits per heavy atom. The lowest BCUT2D eigenvalue weighted by atomic mass is 9.95. The second-order valence-electron chi connectivity index (χ2n) is 2.48. The van der Waals surface area contributed by atoms with Gasteiger partial charge in [-0.3, -0.25) is 0 Å². The van der Waals surface area contributed by atoms with Gasteiger partial charge in [0.1, 0.15) is 5.54 Å². The standard InChI is InChI=1S/C6H10F3N/c1-4(2)5(3,10)6(7,8)9/h1,10H2,2-3H3. The molecule has 0 aliphatic heterocycles. The summed E-state index contributed by atoms with van der Waals surface area (Å²) in [6.45, 7) is 5.30. The van der Waals surface area contributed by atoms with Crippen LogP contribution in [0.1, 0.15) is 13.8 Å². The van der Waals surface area contributed by atoms with Crippen molar-refractivity contribution in [1.29, 1.82) is 0 Å². The van der Waals surface area contributed by atoms with Crippen molar-refractivity contribution < 1.29 is 13.2 Å². The van der Waals surface area contributed by atoms with Crippen LogP contribution in [0.25, 0.3) is 0 Å². The first-order chi connectivity index (χ1) is 4.19. The predicted octanol–water partition coefficient (Wildman–Crippen LogP) is 1.84. The quantitative estimate of drug-likeness (QED) is 0.571. The molecule has 1 atom stereocenters. The summed E-state index contributed by atoms with van der Waals surface area (Å²) in [6, 6.07) is 0. The van der Waals surface area contributed by atoms with Gasteiger partial charge in [0.2, 0.25) is 0 Å². The lowest BCUT2D eigenvalue weighted by Crippen LogP contribution is -2.51. The van der Waals surface area contributed by atoms with Crippen LogP contribution in [-0.4, -0.2) is 11.7 Å². The third-order valence-electron chi connectivity index (χ3n) is 1.48. The molecule has 0 aromatic rings. The van der Waals surface area contributed by atoms with Crippen LogP contribution in [0.4, 0.5) is 13.2 Å². The van der Waals surface area contributed by atoms with E-state index in [1.54, 1.807) is 0 Å². The maximum atomic E-state index is 11.9. The smallest absolute Gasteiger partial charge is 0.314 e. The maximum Gasteiger partial charge on any atom is 0.409 e. The van der Waals surface area contributed by atoms with Crippen LogP contribution in [0.5, 0.6) is 0 Å². The van der Waals surface area contributed by atoms with Crippen molar-refractivity contribution in [2.45, 2.75) is 25.6 Å². The Balaban J connectivity index is 4.57.